The molecule has 0 fully saturated rings. The van der Waals surface area contributed by atoms with Crippen LogP contribution in [-0.4, -0.2) is 0 Å². The summed E-state index contributed by atoms with van der Waals surface area (Å²) in [6.45, 7) is 0. The lowest BCUT2D eigenvalue weighted by Gasteiger charge is -2.15. The van der Waals surface area contributed by atoms with Crippen molar-refractivity contribution in [1.29, 1.82) is 0 Å². The molecule has 19 heavy (non-hydrogen) atoms. The van der Waals surface area contributed by atoms with E-state index in [1.165, 1.54) is 12.1 Å². The lowest BCUT2D eigenvalue weighted by Crippen LogP contribution is -2.15. The van der Waals surface area contributed by atoms with Crippen LogP contribution in [0.4, 0.5) is 8.78 Å². The average Bonchev–Trinajstić information content (AvgIpc) is 2.33. The maximum absolute atomic E-state index is 13.8. The second-order valence-corrected chi connectivity index (χ2v) is 5.90. The molecule has 0 spiro atoms. The summed E-state index contributed by atoms with van der Waals surface area (Å²) >= 11 is 6.42. The Labute approximate surface area is 127 Å². The fourth-order valence-corrected chi connectivity index (χ4v) is 2.95. The molecule has 0 bridgehead atoms. The molecule has 1 unspecified atom stereocenters. The second kappa shape index (κ2) is 6.11. The van der Waals surface area contributed by atoms with E-state index < -0.39 is 6.04 Å². The van der Waals surface area contributed by atoms with Gasteiger partial charge in [0.1, 0.15) is 11.6 Å². The first-order chi connectivity index (χ1) is 8.99. The SMILES string of the molecule is NC(Cc1ccc(F)c(Br)c1)c1c(F)cccc1Br. The van der Waals surface area contributed by atoms with E-state index in [-0.39, 0.29) is 11.6 Å². The van der Waals surface area contributed by atoms with Gasteiger partial charge in [0.05, 0.1) is 4.47 Å². The largest absolute Gasteiger partial charge is 0.324 e. The molecule has 2 N–H and O–H groups in total. The predicted molar refractivity (Wildman–Crippen MR) is 78.8 cm³/mol. The average molecular weight is 391 g/mol. The molecule has 100 valence electrons. The van der Waals surface area contributed by atoms with E-state index in [0.29, 0.717) is 20.9 Å². The van der Waals surface area contributed by atoms with Gasteiger partial charge in [-0.25, -0.2) is 8.78 Å². The van der Waals surface area contributed by atoms with Crippen LogP contribution in [0.3, 0.4) is 0 Å². The fraction of sp³-hybridized carbons (Fsp3) is 0.143. The van der Waals surface area contributed by atoms with E-state index in [2.05, 4.69) is 31.9 Å². The molecule has 0 aromatic heterocycles. The minimum absolute atomic E-state index is 0.329. The van der Waals surface area contributed by atoms with E-state index in [1.54, 1.807) is 24.3 Å². The van der Waals surface area contributed by atoms with Gasteiger partial charge in [-0.05, 0) is 52.2 Å². The van der Waals surface area contributed by atoms with Gasteiger partial charge in [0.2, 0.25) is 0 Å². The van der Waals surface area contributed by atoms with Crippen LogP contribution in [0.15, 0.2) is 45.3 Å². The van der Waals surface area contributed by atoms with Crippen molar-refractivity contribution in [3.8, 4) is 0 Å². The molecule has 0 saturated heterocycles. The number of nitrogens with two attached hydrogens (primary N) is 1. The summed E-state index contributed by atoms with van der Waals surface area (Å²) in [5, 5.41) is 0. The zero-order valence-corrected chi connectivity index (χ0v) is 13.0. The molecule has 0 amide bonds. The predicted octanol–water partition coefficient (Wildman–Crippen LogP) is 4.73. The van der Waals surface area contributed by atoms with Gasteiger partial charge in [0, 0.05) is 16.1 Å². The summed E-state index contributed by atoms with van der Waals surface area (Å²) < 4.78 is 27.9. The Morgan fingerprint density at radius 1 is 1.00 bits per heavy atom. The van der Waals surface area contributed by atoms with Crippen molar-refractivity contribution in [3.63, 3.8) is 0 Å². The normalized spacial score (nSPS) is 12.5. The van der Waals surface area contributed by atoms with Crippen LogP contribution < -0.4 is 5.73 Å². The molecule has 0 saturated carbocycles. The first kappa shape index (κ1) is 14.6. The van der Waals surface area contributed by atoms with Crippen molar-refractivity contribution in [1.82, 2.24) is 0 Å². The summed E-state index contributed by atoms with van der Waals surface area (Å²) in [4.78, 5) is 0. The first-order valence-corrected chi connectivity index (χ1v) is 7.21. The monoisotopic (exact) mass is 389 g/mol. The van der Waals surface area contributed by atoms with E-state index in [0.717, 1.165) is 5.56 Å². The Kier molecular flexibility index (Phi) is 4.71. The number of hydrogen-bond acceptors (Lipinski definition) is 1. The lowest BCUT2D eigenvalue weighted by atomic mass is 9.99. The highest BCUT2D eigenvalue weighted by Gasteiger charge is 2.15. The molecule has 0 aliphatic rings. The van der Waals surface area contributed by atoms with Crippen LogP contribution in [0.5, 0.6) is 0 Å². The minimum atomic E-state index is -0.493. The van der Waals surface area contributed by atoms with Crippen molar-refractivity contribution in [3.05, 3.63) is 68.1 Å². The van der Waals surface area contributed by atoms with Crippen LogP contribution in [0.25, 0.3) is 0 Å². The van der Waals surface area contributed by atoms with Crippen LogP contribution in [0.1, 0.15) is 17.2 Å². The summed E-state index contributed by atoms with van der Waals surface area (Å²) in [6, 6.07) is 8.91. The zero-order chi connectivity index (χ0) is 14.0. The maximum atomic E-state index is 13.8. The highest BCUT2D eigenvalue weighted by Crippen LogP contribution is 2.28. The van der Waals surface area contributed by atoms with Gasteiger partial charge in [0.15, 0.2) is 0 Å². The summed E-state index contributed by atoms with van der Waals surface area (Å²) in [5.74, 6) is -0.674. The first-order valence-electron chi connectivity index (χ1n) is 5.62. The van der Waals surface area contributed by atoms with Crippen molar-refractivity contribution >= 4 is 31.9 Å². The molecule has 2 aromatic rings. The van der Waals surface area contributed by atoms with Crippen LogP contribution >= 0.6 is 31.9 Å². The molecule has 2 rings (SSSR count). The highest BCUT2D eigenvalue weighted by atomic mass is 79.9. The van der Waals surface area contributed by atoms with Gasteiger partial charge in [-0.3, -0.25) is 0 Å². The number of halogens is 4. The Hall–Kier alpha value is -0.780. The Morgan fingerprint density at radius 3 is 2.37 bits per heavy atom. The lowest BCUT2D eigenvalue weighted by molar-refractivity contribution is 0.577. The molecule has 0 radical (unpaired) electrons. The topological polar surface area (TPSA) is 26.0 Å². The van der Waals surface area contributed by atoms with Crippen LogP contribution in [0, 0.1) is 11.6 Å². The molecule has 5 heteroatoms. The number of rotatable bonds is 3. The molecular formula is C14H11Br2F2N. The molecular weight excluding hydrogens is 380 g/mol. The maximum Gasteiger partial charge on any atom is 0.137 e. The quantitative estimate of drug-likeness (QED) is 0.805. The third-order valence-electron chi connectivity index (χ3n) is 2.81. The van der Waals surface area contributed by atoms with E-state index in [9.17, 15) is 8.78 Å². The smallest absolute Gasteiger partial charge is 0.137 e. The zero-order valence-electron chi connectivity index (χ0n) is 9.84. The van der Waals surface area contributed by atoms with E-state index in [1.807, 2.05) is 0 Å². The molecule has 1 nitrogen and oxygen atoms in total. The molecule has 1 atom stereocenters. The van der Waals surface area contributed by atoms with Crippen LogP contribution in [0.2, 0.25) is 0 Å². The molecule has 0 aliphatic carbocycles. The second-order valence-electron chi connectivity index (χ2n) is 4.19. The van der Waals surface area contributed by atoms with Crippen molar-refractivity contribution in [2.45, 2.75) is 12.5 Å². The van der Waals surface area contributed by atoms with Gasteiger partial charge in [-0.2, -0.15) is 0 Å². The molecule has 2 aromatic carbocycles. The van der Waals surface area contributed by atoms with Crippen molar-refractivity contribution in [2.75, 3.05) is 0 Å². The van der Waals surface area contributed by atoms with E-state index in [4.69, 9.17) is 5.73 Å². The van der Waals surface area contributed by atoms with Gasteiger partial charge in [-0.1, -0.05) is 28.1 Å². The summed E-state index contributed by atoms with van der Waals surface area (Å²) in [7, 11) is 0. The molecule has 0 heterocycles. The summed E-state index contributed by atoms with van der Waals surface area (Å²) in [6.07, 6.45) is 0.429. The van der Waals surface area contributed by atoms with Gasteiger partial charge >= 0.3 is 0 Å². The Bertz CT molecular complexity index is 582. The number of benzene rings is 2. The highest BCUT2D eigenvalue weighted by molar-refractivity contribution is 9.10. The van der Waals surface area contributed by atoms with Gasteiger partial charge < -0.3 is 5.73 Å². The van der Waals surface area contributed by atoms with E-state index >= 15 is 0 Å². The number of hydrogen-bond donors (Lipinski definition) is 1. The standard InChI is InChI=1S/C14H11Br2F2N/c15-9-2-1-3-12(18)14(9)13(19)7-8-4-5-11(17)10(16)6-8/h1-6,13H,7,19H2. The van der Waals surface area contributed by atoms with Gasteiger partial charge in [0.25, 0.3) is 0 Å². The summed E-state index contributed by atoms with van der Waals surface area (Å²) in [5.41, 5.74) is 7.31. The fourth-order valence-electron chi connectivity index (χ4n) is 1.89. The third kappa shape index (κ3) is 3.41. The van der Waals surface area contributed by atoms with Crippen LogP contribution in [-0.2, 0) is 6.42 Å². The minimum Gasteiger partial charge on any atom is -0.324 e. The Morgan fingerprint density at radius 2 is 1.74 bits per heavy atom. The Balaban J connectivity index is 2.25. The van der Waals surface area contributed by atoms with Gasteiger partial charge in [-0.15, -0.1) is 0 Å². The van der Waals surface area contributed by atoms with Crippen molar-refractivity contribution < 1.29 is 8.78 Å². The molecule has 0 aliphatic heterocycles. The third-order valence-corrected chi connectivity index (χ3v) is 4.11. The van der Waals surface area contributed by atoms with Crippen molar-refractivity contribution in [2.24, 2.45) is 5.73 Å².